The molecule has 1 aromatic heterocycles. The van der Waals surface area contributed by atoms with Crippen molar-refractivity contribution in [1.29, 1.82) is 0 Å². The van der Waals surface area contributed by atoms with Gasteiger partial charge < -0.3 is 15.2 Å². The maximum Gasteiger partial charge on any atom is 0.321 e. The van der Waals surface area contributed by atoms with E-state index in [4.69, 9.17) is 9.84 Å². The maximum absolute atomic E-state index is 11.8. The molecule has 1 saturated heterocycles. The first-order valence-corrected chi connectivity index (χ1v) is 6.03. The molecule has 0 spiro atoms. The van der Waals surface area contributed by atoms with Crippen molar-refractivity contribution < 1.29 is 19.4 Å². The summed E-state index contributed by atoms with van der Waals surface area (Å²) in [5, 5.41) is 21.5. The van der Waals surface area contributed by atoms with Crippen molar-refractivity contribution in [3.8, 4) is 0 Å². The summed E-state index contributed by atoms with van der Waals surface area (Å²) < 4.78 is 5.05. The zero-order valence-electron chi connectivity index (χ0n) is 11.1. The second-order valence-corrected chi connectivity index (χ2v) is 4.49. The van der Waals surface area contributed by atoms with Crippen molar-refractivity contribution in [2.45, 2.75) is 19.9 Å². The lowest BCUT2D eigenvalue weighted by molar-refractivity contribution is -0.142. The summed E-state index contributed by atoms with van der Waals surface area (Å²) in [6.07, 6.45) is 0. The minimum absolute atomic E-state index is 0.0661. The predicted octanol–water partition coefficient (Wildman–Crippen LogP) is -0.290. The molecule has 108 valence electrons. The highest BCUT2D eigenvalue weighted by Gasteiger charge is 2.35. The van der Waals surface area contributed by atoms with Crippen molar-refractivity contribution in [3.05, 3.63) is 11.4 Å². The number of ether oxygens (including phenoxy) is 1. The average molecular weight is 281 g/mol. The summed E-state index contributed by atoms with van der Waals surface area (Å²) in [4.78, 5) is 26.8. The fourth-order valence-electron chi connectivity index (χ4n) is 1.76. The number of carbonyl (C=O) groups excluding carboxylic acids is 1. The van der Waals surface area contributed by atoms with E-state index in [9.17, 15) is 9.59 Å². The third-order valence-corrected chi connectivity index (χ3v) is 3.03. The number of nitrogens with one attached hydrogen (secondary N) is 2. The van der Waals surface area contributed by atoms with E-state index in [1.807, 2.05) is 0 Å². The van der Waals surface area contributed by atoms with Gasteiger partial charge in [-0.3, -0.25) is 10.1 Å². The van der Waals surface area contributed by atoms with E-state index in [0.717, 1.165) is 0 Å². The summed E-state index contributed by atoms with van der Waals surface area (Å²) in [5.41, 5.74) is 1.33. The molecule has 2 heterocycles. The number of aryl methyl sites for hydroxylation is 2. The lowest BCUT2D eigenvalue weighted by Gasteiger charge is -2.15. The van der Waals surface area contributed by atoms with Gasteiger partial charge in [0.2, 0.25) is 0 Å². The Bertz CT molecular complexity index is 536. The molecule has 3 N–H and O–H groups in total. The zero-order valence-corrected chi connectivity index (χ0v) is 11.1. The van der Waals surface area contributed by atoms with Gasteiger partial charge in [-0.25, -0.2) is 9.78 Å². The van der Waals surface area contributed by atoms with E-state index in [1.165, 1.54) is 0 Å². The number of nitrogens with zero attached hydrogens (tertiary/aromatic N) is 3. The van der Waals surface area contributed by atoms with Crippen LogP contribution < -0.4 is 10.6 Å². The van der Waals surface area contributed by atoms with Gasteiger partial charge in [-0.2, -0.15) is 5.10 Å². The van der Waals surface area contributed by atoms with Crippen LogP contribution in [0, 0.1) is 19.8 Å². The predicted molar refractivity (Wildman–Crippen MR) is 67.2 cm³/mol. The largest absolute Gasteiger partial charge is 0.481 e. The Hall–Kier alpha value is -2.29. The molecule has 0 bridgehead atoms. The fraction of sp³-hybridized carbons (Fsp3) is 0.545. The number of carbonyl (C=O) groups is 2. The molecule has 1 aliphatic heterocycles. The Morgan fingerprint density at radius 2 is 2.00 bits per heavy atom. The summed E-state index contributed by atoms with van der Waals surface area (Å²) >= 11 is 0. The van der Waals surface area contributed by atoms with Crippen LogP contribution >= 0.6 is 0 Å². The number of rotatable bonds is 3. The third-order valence-electron chi connectivity index (χ3n) is 3.03. The maximum atomic E-state index is 11.8. The Labute approximate surface area is 114 Å². The SMILES string of the molecule is Cc1nnc(NC(=O)NC2COCC2C(=O)O)nc1C. The van der Waals surface area contributed by atoms with Crippen molar-refractivity contribution in [2.24, 2.45) is 5.92 Å². The van der Waals surface area contributed by atoms with E-state index in [2.05, 4.69) is 25.8 Å². The van der Waals surface area contributed by atoms with Gasteiger partial charge in [0.25, 0.3) is 5.95 Å². The van der Waals surface area contributed by atoms with Gasteiger partial charge in [0.1, 0.15) is 5.92 Å². The normalized spacial score (nSPS) is 21.5. The van der Waals surface area contributed by atoms with Crippen molar-refractivity contribution >= 4 is 17.9 Å². The van der Waals surface area contributed by atoms with Crippen LogP contribution in [0.5, 0.6) is 0 Å². The molecule has 1 aromatic rings. The van der Waals surface area contributed by atoms with Crippen molar-refractivity contribution in [1.82, 2.24) is 20.5 Å². The first kappa shape index (κ1) is 14.1. The average Bonchev–Trinajstić information content (AvgIpc) is 2.82. The van der Waals surface area contributed by atoms with Gasteiger partial charge >= 0.3 is 12.0 Å². The van der Waals surface area contributed by atoms with Gasteiger partial charge in [-0.05, 0) is 13.8 Å². The molecule has 0 aliphatic carbocycles. The molecule has 0 aromatic carbocycles. The van der Waals surface area contributed by atoms with Crippen LogP contribution in [0.2, 0.25) is 0 Å². The van der Waals surface area contributed by atoms with E-state index in [0.29, 0.717) is 11.4 Å². The third kappa shape index (κ3) is 3.18. The molecule has 0 radical (unpaired) electrons. The molecule has 1 aliphatic rings. The van der Waals surface area contributed by atoms with E-state index >= 15 is 0 Å². The summed E-state index contributed by atoms with van der Waals surface area (Å²) in [7, 11) is 0. The van der Waals surface area contributed by atoms with Crippen molar-refractivity contribution in [3.63, 3.8) is 0 Å². The molecular formula is C11H15N5O4. The van der Waals surface area contributed by atoms with Crippen LogP contribution in [0.25, 0.3) is 0 Å². The molecule has 2 amide bonds. The zero-order chi connectivity index (χ0) is 14.7. The minimum Gasteiger partial charge on any atom is -0.481 e. The van der Waals surface area contributed by atoms with Crippen LogP contribution in [-0.4, -0.2) is 51.5 Å². The van der Waals surface area contributed by atoms with Crippen LogP contribution in [0.1, 0.15) is 11.4 Å². The first-order chi connectivity index (χ1) is 9.47. The summed E-state index contributed by atoms with van der Waals surface area (Å²) in [6, 6.07) is -1.16. The van der Waals surface area contributed by atoms with E-state index in [1.54, 1.807) is 13.8 Å². The fourth-order valence-corrected chi connectivity index (χ4v) is 1.76. The number of hydrogen-bond acceptors (Lipinski definition) is 6. The molecule has 0 saturated carbocycles. The van der Waals surface area contributed by atoms with Crippen LogP contribution in [0.4, 0.5) is 10.7 Å². The smallest absolute Gasteiger partial charge is 0.321 e. The molecule has 1 fully saturated rings. The molecule has 9 nitrogen and oxygen atoms in total. The van der Waals surface area contributed by atoms with Gasteiger partial charge in [0.05, 0.1) is 30.6 Å². The second-order valence-electron chi connectivity index (χ2n) is 4.49. The number of aromatic nitrogens is 3. The monoisotopic (exact) mass is 281 g/mol. The lowest BCUT2D eigenvalue weighted by Crippen LogP contribution is -2.44. The molecular weight excluding hydrogens is 266 g/mol. The molecule has 9 heteroatoms. The highest BCUT2D eigenvalue weighted by atomic mass is 16.5. The highest BCUT2D eigenvalue weighted by molar-refractivity contribution is 5.88. The molecule has 2 rings (SSSR count). The van der Waals surface area contributed by atoms with Crippen molar-refractivity contribution in [2.75, 3.05) is 18.5 Å². The molecule has 20 heavy (non-hydrogen) atoms. The number of urea groups is 1. The number of carboxylic acids is 1. The van der Waals surface area contributed by atoms with Crippen LogP contribution in [-0.2, 0) is 9.53 Å². The number of hydrogen-bond donors (Lipinski definition) is 3. The van der Waals surface area contributed by atoms with Gasteiger partial charge in [0, 0.05) is 0 Å². The van der Waals surface area contributed by atoms with Gasteiger partial charge in [-0.1, -0.05) is 0 Å². The topological polar surface area (TPSA) is 126 Å². The Balaban J connectivity index is 1.95. The highest BCUT2D eigenvalue weighted by Crippen LogP contribution is 2.14. The standard InChI is InChI=1S/C11H15N5O4/c1-5-6(2)15-16-10(12-5)14-11(19)13-8-4-20-3-7(8)9(17)18/h7-8H,3-4H2,1-2H3,(H,17,18)(H2,12,13,14,16,19). The van der Waals surface area contributed by atoms with Crippen LogP contribution in [0.15, 0.2) is 0 Å². The Kier molecular flexibility index (Phi) is 4.08. The number of anilines is 1. The lowest BCUT2D eigenvalue weighted by atomic mass is 10.0. The number of aliphatic carboxylic acids is 1. The summed E-state index contributed by atoms with van der Waals surface area (Å²) in [6.45, 7) is 3.75. The van der Waals surface area contributed by atoms with Gasteiger partial charge in [-0.15, -0.1) is 5.10 Å². The first-order valence-electron chi connectivity index (χ1n) is 6.03. The molecule has 2 atom stereocenters. The number of carboxylic acid groups (broad SMARTS) is 1. The quantitative estimate of drug-likeness (QED) is 0.694. The Morgan fingerprint density at radius 1 is 1.25 bits per heavy atom. The van der Waals surface area contributed by atoms with Crippen LogP contribution in [0.3, 0.4) is 0 Å². The minimum atomic E-state index is -1.00. The summed E-state index contributed by atoms with van der Waals surface area (Å²) in [5.74, 6) is -1.69. The van der Waals surface area contributed by atoms with Gasteiger partial charge in [0.15, 0.2) is 0 Å². The Morgan fingerprint density at radius 3 is 2.65 bits per heavy atom. The second kappa shape index (κ2) is 5.78. The van der Waals surface area contributed by atoms with E-state index < -0.39 is 24.0 Å². The van der Waals surface area contributed by atoms with E-state index in [-0.39, 0.29) is 19.2 Å². The molecule has 2 unspecified atom stereocenters. The number of amides is 2.